The van der Waals surface area contributed by atoms with Gasteiger partial charge in [-0.2, -0.15) is 8.42 Å². The Kier molecular flexibility index (Phi) is 18.0. The number of aryl methyl sites for hydroxylation is 2. The van der Waals surface area contributed by atoms with Crippen LogP contribution in [0.4, 0.5) is 0 Å². The van der Waals surface area contributed by atoms with Gasteiger partial charge in [0, 0.05) is 18.8 Å². The lowest BCUT2D eigenvalue weighted by Crippen LogP contribution is -2.22. The molecular formula is C30H48N2O5S2. The molecule has 0 aliphatic carbocycles. The Balaban J connectivity index is 1.31. The Morgan fingerprint density at radius 1 is 0.615 bits per heavy atom. The van der Waals surface area contributed by atoms with Crippen LogP contribution in [0.1, 0.15) is 62.5 Å². The molecule has 0 bridgehead atoms. The minimum Gasteiger partial charge on any atom is -0.493 e. The van der Waals surface area contributed by atoms with Crippen molar-refractivity contribution in [3.8, 4) is 11.5 Å². The number of nitrogens with one attached hydrogen (secondary N) is 2. The molecule has 0 amide bonds. The van der Waals surface area contributed by atoms with Crippen LogP contribution in [0.25, 0.3) is 0 Å². The molecule has 0 atom stereocenters. The van der Waals surface area contributed by atoms with E-state index < -0.39 is 9.15 Å². The van der Waals surface area contributed by atoms with Crippen molar-refractivity contribution in [1.82, 2.24) is 10.6 Å². The first kappa shape index (κ1) is 33.4. The van der Waals surface area contributed by atoms with Crippen molar-refractivity contribution in [2.75, 3.05) is 51.8 Å². The molecule has 0 heterocycles. The van der Waals surface area contributed by atoms with Gasteiger partial charge in [0.2, 0.25) is 0 Å². The van der Waals surface area contributed by atoms with Gasteiger partial charge >= 0.3 is 9.15 Å². The molecule has 0 aliphatic rings. The number of unbranched alkanes of at least 4 members (excludes halogenated alkanes) is 6. The molecule has 0 aromatic heterocycles. The van der Waals surface area contributed by atoms with Crippen molar-refractivity contribution in [2.24, 2.45) is 0 Å². The molecule has 0 saturated heterocycles. The maximum Gasteiger partial charge on any atom is 0.322 e. The summed E-state index contributed by atoms with van der Waals surface area (Å²) in [5, 5.41) is 6.56. The summed E-state index contributed by atoms with van der Waals surface area (Å²) in [5.41, 5.74) is 2.33. The summed E-state index contributed by atoms with van der Waals surface area (Å²) in [6.07, 6.45) is 8.70. The third-order valence-corrected chi connectivity index (χ3v) is 8.98. The van der Waals surface area contributed by atoms with Crippen molar-refractivity contribution >= 4 is 19.9 Å². The van der Waals surface area contributed by atoms with E-state index in [4.69, 9.17) is 13.7 Å². The second-order valence-corrected chi connectivity index (χ2v) is 13.2. The molecule has 0 aliphatic heterocycles. The van der Waals surface area contributed by atoms with Crippen LogP contribution < -0.4 is 20.1 Å². The second kappa shape index (κ2) is 21.0. The zero-order valence-electron chi connectivity index (χ0n) is 23.8. The molecule has 0 fully saturated rings. The molecule has 220 valence electrons. The standard InChI is InChI=1S/C30H48N2O5S2/c1-27-15-7-9-17-29(27)35-23-13-5-3-11-19-31-21-25-37-39(33,34)38-26-22-32-20-12-4-6-14-24-36-30-18-10-8-16-28(30)2/h7-10,15-18,31-32H,3-6,11-14,19-26H2,1-2H3. The van der Waals surface area contributed by atoms with Crippen molar-refractivity contribution in [3.05, 3.63) is 59.7 Å². The van der Waals surface area contributed by atoms with E-state index in [1.165, 1.54) is 11.1 Å². The van der Waals surface area contributed by atoms with Gasteiger partial charge in [-0.15, -0.1) is 0 Å². The van der Waals surface area contributed by atoms with E-state index in [2.05, 4.69) is 36.6 Å². The van der Waals surface area contributed by atoms with Crippen molar-refractivity contribution in [1.29, 1.82) is 0 Å². The maximum absolute atomic E-state index is 12.0. The van der Waals surface area contributed by atoms with E-state index in [-0.39, 0.29) is 6.61 Å². The Morgan fingerprint density at radius 3 is 1.64 bits per heavy atom. The fourth-order valence-corrected chi connectivity index (χ4v) is 5.99. The van der Waals surface area contributed by atoms with Gasteiger partial charge in [-0.05, 0) is 86.7 Å². The minimum absolute atomic E-state index is 0.167. The van der Waals surface area contributed by atoms with Gasteiger partial charge in [0.25, 0.3) is 0 Å². The van der Waals surface area contributed by atoms with Gasteiger partial charge in [-0.25, -0.2) is 0 Å². The summed E-state index contributed by atoms with van der Waals surface area (Å²) in [4.78, 5) is 0. The molecule has 2 N–H and O–H groups in total. The molecule has 2 aromatic rings. The Labute approximate surface area is 240 Å². The summed E-state index contributed by atoms with van der Waals surface area (Å²) in [6.45, 7) is 8.70. The van der Waals surface area contributed by atoms with E-state index in [1.807, 2.05) is 36.4 Å². The lowest BCUT2D eigenvalue weighted by molar-refractivity contribution is 0.302. The highest BCUT2D eigenvalue weighted by Gasteiger charge is 2.11. The number of hydrogen-bond donors (Lipinski definition) is 2. The third-order valence-electron chi connectivity index (χ3n) is 6.21. The van der Waals surface area contributed by atoms with Crippen LogP contribution in [0, 0.1) is 13.8 Å². The van der Waals surface area contributed by atoms with Gasteiger partial charge in [0.1, 0.15) is 11.5 Å². The zero-order valence-corrected chi connectivity index (χ0v) is 25.4. The molecule has 39 heavy (non-hydrogen) atoms. The fourth-order valence-electron chi connectivity index (χ4n) is 3.93. The Bertz CT molecular complexity index is 931. The van der Waals surface area contributed by atoms with Crippen molar-refractivity contribution in [2.45, 2.75) is 65.2 Å². The SMILES string of the molecule is Cc1ccccc1OCCCCCCNCCOS(=O)(=O)SCCNCCCCCCOc1ccccc1C. The van der Waals surface area contributed by atoms with Gasteiger partial charge in [-0.1, -0.05) is 62.1 Å². The Hall–Kier alpha value is -1.78. The summed E-state index contributed by atoms with van der Waals surface area (Å²) in [7, 11) is -2.68. The predicted molar refractivity (Wildman–Crippen MR) is 163 cm³/mol. The monoisotopic (exact) mass is 580 g/mol. The Morgan fingerprint density at radius 2 is 1.10 bits per heavy atom. The van der Waals surface area contributed by atoms with Gasteiger partial charge in [-0.3, -0.25) is 4.18 Å². The van der Waals surface area contributed by atoms with Crippen LogP contribution in [-0.4, -0.2) is 60.2 Å². The molecule has 0 spiro atoms. The van der Waals surface area contributed by atoms with E-state index in [1.54, 1.807) is 0 Å². The van der Waals surface area contributed by atoms with E-state index >= 15 is 0 Å². The third kappa shape index (κ3) is 16.8. The lowest BCUT2D eigenvalue weighted by atomic mass is 10.2. The largest absolute Gasteiger partial charge is 0.493 e. The maximum atomic E-state index is 12.0. The summed E-state index contributed by atoms with van der Waals surface area (Å²) >= 11 is 0. The van der Waals surface area contributed by atoms with Crippen LogP contribution in [0.5, 0.6) is 11.5 Å². The van der Waals surface area contributed by atoms with Crippen molar-refractivity contribution < 1.29 is 22.1 Å². The average molecular weight is 581 g/mol. The summed E-state index contributed by atoms with van der Waals surface area (Å²) in [5.74, 6) is 2.41. The fraction of sp³-hybridized carbons (Fsp3) is 0.600. The minimum atomic E-state index is -3.54. The van der Waals surface area contributed by atoms with Gasteiger partial charge < -0.3 is 20.1 Å². The molecule has 0 unspecified atom stereocenters. The quantitative estimate of drug-likeness (QED) is 0.115. The first-order valence-electron chi connectivity index (χ1n) is 14.3. The smallest absolute Gasteiger partial charge is 0.322 e. The van der Waals surface area contributed by atoms with E-state index in [0.29, 0.717) is 18.8 Å². The van der Waals surface area contributed by atoms with Crippen LogP contribution in [0.2, 0.25) is 0 Å². The molecule has 2 aromatic carbocycles. The number of hydrogen-bond acceptors (Lipinski definition) is 8. The second-order valence-electron chi connectivity index (χ2n) is 9.61. The highest BCUT2D eigenvalue weighted by Crippen LogP contribution is 2.18. The highest BCUT2D eigenvalue weighted by molar-refractivity contribution is 8.70. The molecule has 0 saturated carbocycles. The number of ether oxygens (including phenoxy) is 2. The molecule has 0 radical (unpaired) electrons. The summed E-state index contributed by atoms with van der Waals surface area (Å²) in [6, 6.07) is 16.2. The predicted octanol–water partition coefficient (Wildman–Crippen LogP) is 6.06. The topological polar surface area (TPSA) is 85.9 Å². The highest BCUT2D eigenvalue weighted by atomic mass is 33.1. The molecule has 2 rings (SSSR count). The molecule has 9 heteroatoms. The first-order chi connectivity index (χ1) is 19.0. The van der Waals surface area contributed by atoms with Gasteiger partial charge in [0.15, 0.2) is 0 Å². The zero-order chi connectivity index (χ0) is 28.0. The van der Waals surface area contributed by atoms with Crippen LogP contribution in [-0.2, 0) is 13.3 Å². The number of para-hydroxylation sites is 2. The van der Waals surface area contributed by atoms with Crippen LogP contribution >= 0.6 is 10.8 Å². The van der Waals surface area contributed by atoms with Crippen LogP contribution in [0.15, 0.2) is 48.5 Å². The lowest BCUT2D eigenvalue weighted by Gasteiger charge is -2.09. The number of rotatable bonds is 24. The molecule has 7 nitrogen and oxygen atoms in total. The normalized spacial score (nSPS) is 11.5. The van der Waals surface area contributed by atoms with E-state index in [9.17, 15) is 8.42 Å². The number of benzene rings is 2. The van der Waals surface area contributed by atoms with E-state index in [0.717, 1.165) is 100.0 Å². The van der Waals surface area contributed by atoms with Gasteiger partial charge in [0.05, 0.1) is 19.8 Å². The van der Waals surface area contributed by atoms with Crippen LogP contribution in [0.3, 0.4) is 0 Å². The molecular weight excluding hydrogens is 532 g/mol. The van der Waals surface area contributed by atoms with Crippen molar-refractivity contribution in [3.63, 3.8) is 0 Å². The summed E-state index contributed by atoms with van der Waals surface area (Å²) < 4.78 is 40.7. The first-order valence-corrected chi connectivity index (χ1v) is 17.2. The average Bonchev–Trinajstić information content (AvgIpc) is 2.92.